The number of hydrogen-bond acceptors (Lipinski definition) is 0. The Morgan fingerprint density at radius 3 is 2.24 bits per heavy atom. The van der Waals surface area contributed by atoms with Gasteiger partial charge in [0.2, 0.25) is 0 Å². The molecule has 0 aromatic heterocycles. The van der Waals surface area contributed by atoms with Crippen molar-refractivity contribution >= 4 is 31.9 Å². The minimum absolute atomic E-state index is 0.0685. The van der Waals surface area contributed by atoms with Crippen LogP contribution in [0.5, 0.6) is 0 Å². The number of halogens is 4. The zero-order valence-electron chi connectivity index (χ0n) is 9.78. The number of benzene rings is 1. The number of alkyl halides is 2. The van der Waals surface area contributed by atoms with Gasteiger partial charge in [0.1, 0.15) is 0 Å². The van der Waals surface area contributed by atoms with Crippen LogP contribution in [0.3, 0.4) is 0 Å². The fraction of sp³-hybridized carbons (Fsp3) is 0.538. The molecule has 0 aliphatic heterocycles. The third-order valence-electron chi connectivity index (χ3n) is 2.91. The van der Waals surface area contributed by atoms with Crippen LogP contribution in [-0.2, 0) is 6.42 Å². The van der Waals surface area contributed by atoms with E-state index in [2.05, 4.69) is 38.8 Å². The van der Waals surface area contributed by atoms with E-state index in [1.165, 1.54) is 12.1 Å². The van der Waals surface area contributed by atoms with Crippen LogP contribution in [0.1, 0.15) is 25.3 Å². The molecule has 96 valence electrons. The van der Waals surface area contributed by atoms with Gasteiger partial charge in [-0.25, -0.2) is 8.78 Å². The Morgan fingerprint density at radius 1 is 1.12 bits per heavy atom. The first-order chi connectivity index (χ1) is 8.06. The van der Waals surface area contributed by atoms with Gasteiger partial charge < -0.3 is 0 Å². The summed E-state index contributed by atoms with van der Waals surface area (Å²) >= 11 is 7.05. The van der Waals surface area contributed by atoms with E-state index in [1.54, 1.807) is 6.07 Å². The quantitative estimate of drug-likeness (QED) is 0.613. The standard InChI is InChI=1S/C13H16Br2F2/c1-2-5-13(8-14,9-15)7-10-3-4-11(16)12(17)6-10/h3-4,6H,2,5,7-9H2,1H3. The van der Waals surface area contributed by atoms with Gasteiger partial charge >= 0.3 is 0 Å². The molecular formula is C13H16Br2F2. The van der Waals surface area contributed by atoms with Crippen molar-refractivity contribution in [1.29, 1.82) is 0 Å². The molecule has 0 radical (unpaired) electrons. The fourth-order valence-electron chi connectivity index (χ4n) is 1.97. The molecule has 0 heterocycles. The Balaban J connectivity index is 2.89. The Morgan fingerprint density at radius 2 is 1.76 bits per heavy atom. The zero-order valence-corrected chi connectivity index (χ0v) is 13.0. The van der Waals surface area contributed by atoms with Crippen LogP contribution in [0.4, 0.5) is 8.78 Å². The van der Waals surface area contributed by atoms with E-state index >= 15 is 0 Å². The monoisotopic (exact) mass is 368 g/mol. The second-order valence-electron chi connectivity index (χ2n) is 4.44. The van der Waals surface area contributed by atoms with Crippen LogP contribution in [0.15, 0.2) is 18.2 Å². The van der Waals surface area contributed by atoms with Crippen molar-refractivity contribution in [3.8, 4) is 0 Å². The van der Waals surface area contributed by atoms with Gasteiger partial charge in [0, 0.05) is 10.7 Å². The highest BCUT2D eigenvalue weighted by Gasteiger charge is 2.27. The van der Waals surface area contributed by atoms with E-state index in [0.717, 1.165) is 35.5 Å². The number of rotatable bonds is 6. The summed E-state index contributed by atoms with van der Waals surface area (Å²) in [4.78, 5) is 0. The predicted octanol–water partition coefficient (Wildman–Crippen LogP) is 5.08. The summed E-state index contributed by atoms with van der Waals surface area (Å²) in [6, 6.07) is 4.16. The van der Waals surface area contributed by atoms with Crippen LogP contribution >= 0.6 is 31.9 Å². The van der Waals surface area contributed by atoms with Crippen molar-refractivity contribution in [1.82, 2.24) is 0 Å². The van der Waals surface area contributed by atoms with Gasteiger partial charge in [0.25, 0.3) is 0 Å². The summed E-state index contributed by atoms with van der Waals surface area (Å²) in [5, 5.41) is 1.69. The molecule has 0 saturated carbocycles. The number of hydrogen-bond donors (Lipinski definition) is 0. The molecule has 0 spiro atoms. The molecule has 0 aliphatic rings. The Bertz CT molecular complexity index is 362. The normalized spacial score (nSPS) is 11.8. The van der Waals surface area contributed by atoms with Gasteiger partial charge in [-0.2, -0.15) is 0 Å². The van der Waals surface area contributed by atoms with Crippen molar-refractivity contribution in [2.24, 2.45) is 5.41 Å². The van der Waals surface area contributed by atoms with Crippen molar-refractivity contribution < 1.29 is 8.78 Å². The van der Waals surface area contributed by atoms with Gasteiger partial charge in [0.05, 0.1) is 0 Å². The summed E-state index contributed by atoms with van der Waals surface area (Å²) < 4.78 is 26.0. The van der Waals surface area contributed by atoms with Crippen molar-refractivity contribution in [2.45, 2.75) is 26.2 Å². The van der Waals surface area contributed by atoms with Gasteiger partial charge in [-0.1, -0.05) is 51.3 Å². The molecule has 1 rings (SSSR count). The van der Waals surface area contributed by atoms with Crippen molar-refractivity contribution in [3.63, 3.8) is 0 Å². The molecule has 1 aromatic rings. The lowest BCUT2D eigenvalue weighted by atomic mass is 9.81. The zero-order chi connectivity index (χ0) is 12.9. The second-order valence-corrected chi connectivity index (χ2v) is 5.56. The third kappa shape index (κ3) is 4.02. The third-order valence-corrected chi connectivity index (χ3v) is 5.29. The molecule has 1 aromatic carbocycles. The highest BCUT2D eigenvalue weighted by atomic mass is 79.9. The largest absolute Gasteiger partial charge is 0.204 e. The first-order valence-electron chi connectivity index (χ1n) is 5.63. The van der Waals surface area contributed by atoms with Gasteiger partial charge in [-0.3, -0.25) is 0 Å². The summed E-state index contributed by atoms with van der Waals surface area (Å²) in [6.45, 7) is 2.13. The smallest absolute Gasteiger partial charge is 0.159 e. The van der Waals surface area contributed by atoms with Crippen LogP contribution in [0.25, 0.3) is 0 Å². The minimum atomic E-state index is -0.785. The fourth-order valence-corrected chi connectivity index (χ4v) is 3.85. The highest BCUT2D eigenvalue weighted by Crippen LogP contribution is 2.33. The predicted molar refractivity (Wildman–Crippen MR) is 75.0 cm³/mol. The van der Waals surface area contributed by atoms with Crippen molar-refractivity contribution in [2.75, 3.05) is 10.7 Å². The van der Waals surface area contributed by atoms with Crippen LogP contribution in [-0.4, -0.2) is 10.7 Å². The van der Waals surface area contributed by atoms with Crippen molar-refractivity contribution in [3.05, 3.63) is 35.4 Å². The topological polar surface area (TPSA) is 0 Å². The van der Waals surface area contributed by atoms with E-state index in [0.29, 0.717) is 0 Å². The molecule has 0 saturated heterocycles. The molecule has 0 bridgehead atoms. The van der Waals surface area contributed by atoms with E-state index in [4.69, 9.17) is 0 Å². The maximum absolute atomic E-state index is 13.1. The van der Waals surface area contributed by atoms with E-state index in [9.17, 15) is 8.78 Å². The van der Waals surface area contributed by atoms with E-state index < -0.39 is 11.6 Å². The summed E-state index contributed by atoms with van der Waals surface area (Å²) in [5.41, 5.74) is 0.912. The van der Waals surface area contributed by atoms with Crippen LogP contribution < -0.4 is 0 Å². The minimum Gasteiger partial charge on any atom is -0.204 e. The SMILES string of the molecule is CCCC(CBr)(CBr)Cc1ccc(F)c(F)c1. The molecule has 0 fully saturated rings. The Labute approximate surface area is 118 Å². The van der Waals surface area contributed by atoms with Crippen LogP contribution in [0.2, 0.25) is 0 Å². The second kappa shape index (κ2) is 6.83. The molecule has 0 unspecified atom stereocenters. The molecule has 0 nitrogen and oxygen atoms in total. The molecule has 17 heavy (non-hydrogen) atoms. The first-order valence-corrected chi connectivity index (χ1v) is 7.87. The molecular weight excluding hydrogens is 354 g/mol. The summed E-state index contributed by atoms with van der Waals surface area (Å²) in [5.74, 6) is -1.55. The Hall–Kier alpha value is 0.0400. The van der Waals surface area contributed by atoms with Gasteiger partial charge in [-0.15, -0.1) is 0 Å². The molecule has 0 amide bonds. The average molecular weight is 370 g/mol. The molecule has 0 N–H and O–H groups in total. The lowest BCUT2D eigenvalue weighted by molar-refractivity contribution is 0.351. The summed E-state index contributed by atoms with van der Waals surface area (Å²) in [6.07, 6.45) is 2.86. The molecule has 4 heteroatoms. The summed E-state index contributed by atoms with van der Waals surface area (Å²) in [7, 11) is 0. The molecule has 0 atom stereocenters. The lowest BCUT2D eigenvalue weighted by Gasteiger charge is -2.30. The van der Waals surface area contributed by atoms with Crippen LogP contribution in [0, 0.1) is 17.0 Å². The maximum atomic E-state index is 13.1. The van der Waals surface area contributed by atoms with E-state index in [1.807, 2.05) is 0 Å². The maximum Gasteiger partial charge on any atom is 0.159 e. The first kappa shape index (κ1) is 15.1. The van der Waals surface area contributed by atoms with Gasteiger partial charge in [0.15, 0.2) is 11.6 Å². The van der Waals surface area contributed by atoms with E-state index in [-0.39, 0.29) is 5.41 Å². The molecule has 0 aliphatic carbocycles. The van der Waals surface area contributed by atoms with Gasteiger partial charge in [-0.05, 0) is 36.0 Å². The lowest BCUT2D eigenvalue weighted by Crippen LogP contribution is -2.27. The highest BCUT2D eigenvalue weighted by molar-refractivity contribution is 9.09. The Kier molecular flexibility index (Phi) is 6.07. The average Bonchev–Trinajstić information content (AvgIpc) is 2.33.